The summed E-state index contributed by atoms with van der Waals surface area (Å²) in [4.78, 5) is 16.4. The van der Waals surface area contributed by atoms with E-state index in [1.54, 1.807) is 17.4 Å². The number of para-hydroxylation sites is 1. The smallest absolute Gasteiger partial charge is 0.339 e. The molecule has 2 aromatic carbocycles. The molecule has 1 aromatic heterocycles. The number of halogens is 1. The standard InChI is InChI=1S/C15H10INO2S/c16-11-6-2-1-5-10(11)15(18)19-9-14-17-12-7-3-4-8-13(12)20-14/h1-8H,9H2. The number of esters is 1. The monoisotopic (exact) mass is 395 g/mol. The minimum atomic E-state index is -0.311. The highest BCUT2D eigenvalue weighted by molar-refractivity contribution is 14.1. The molecule has 0 atom stereocenters. The lowest BCUT2D eigenvalue weighted by Crippen LogP contribution is -2.06. The average molecular weight is 395 g/mol. The average Bonchev–Trinajstić information content (AvgIpc) is 2.88. The van der Waals surface area contributed by atoms with Gasteiger partial charge in [0.05, 0.1) is 15.8 Å². The van der Waals surface area contributed by atoms with Crippen LogP contribution in [0.5, 0.6) is 0 Å². The molecule has 0 fully saturated rings. The molecular formula is C15H10INO2S. The molecule has 0 aliphatic rings. The van der Waals surface area contributed by atoms with Crippen molar-refractivity contribution in [1.82, 2.24) is 4.98 Å². The van der Waals surface area contributed by atoms with Gasteiger partial charge in [0, 0.05) is 3.57 Å². The summed E-state index contributed by atoms with van der Waals surface area (Å²) in [6.45, 7) is 0.211. The van der Waals surface area contributed by atoms with Crippen molar-refractivity contribution in [1.29, 1.82) is 0 Å². The van der Waals surface area contributed by atoms with Crippen molar-refractivity contribution in [3.63, 3.8) is 0 Å². The molecular weight excluding hydrogens is 385 g/mol. The molecule has 3 rings (SSSR count). The van der Waals surface area contributed by atoms with Crippen molar-refractivity contribution >= 4 is 50.1 Å². The molecule has 0 amide bonds. The first-order valence-corrected chi connectivity index (χ1v) is 7.89. The minimum absolute atomic E-state index is 0.211. The van der Waals surface area contributed by atoms with Crippen LogP contribution in [-0.4, -0.2) is 11.0 Å². The van der Waals surface area contributed by atoms with E-state index in [4.69, 9.17) is 4.74 Å². The fourth-order valence-corrected chi connectivity index (χ4v) is 3.30. The molecule has 1 heterocycles. The van der Waals surface area contributed by atoms with Crippen LogP contribution in [-0.2, 0) is 11.3 Å². The van der Waals surface area contributed by atoms with Crippen LogP contribution in [0.3, 0.4) is 0 Å². The third-order valence-corrected chi connectivity index (χ3v) is 4.71. The Hall–Kier alpha value is -1.47. The van der Waals surface area contributed by atoms with Gasteiger partial charge in [-0.15, -0.1) is 11.3 Å². The summed E-state index contributed by atoms with van der Waals surface area (Å²) in [5, 5.41) is 0.811. The Balaban J connectivity index is 1.73. The third kappa shape index (κ3) is 2.83. The maximum atomic E-state index is 12.0. The quantitative estimate of drug-likeness (QED) is 0.492. The molecule has 0 N–H and O–H groups in total. The van der Waals surface area contributed by atoms with E-state index in [-0.39, 0.29) is 12.6 Å². The summed E-state index contributed by atoms with van der Waals surface area (Å²) in [5.74, 6) is -0.311. The molecule has 0 saturated carbocycles. The zero-order valence-electron chi connectivity index (χ0n) is 10.4. The highest BCUT2D eigenvalue weighted by Crippen LogP contribution is 2.22. The lowest BCUT2D eigenvalue weighted by atomic mass is 10.2. The van der Waals surface area contributed by atoms with Gasteiger partial charge < -0.3 is 4.74 Å². The zero-order valence-corrected chi connectivity index (χ0v) is 13.3. The first-order chi connectivity index (χ1) is 9.74. The highest BCUT2D eigenvalue weighted by atomic mass is 127. The second-order valence-corrected chi connectivity index (χ2v) is 6.41. The predicted molar refractivity (Wildman–Crippen MR) is 87.9 cm³/mol. The molecule has 0 saturated heterocycles. The molecule has 0 aliphatic heterocycles. The fraction of sp³-hybridized carbons (Fsp3) is 0.0667. The van der Waals surface area contributed by atoms with Gasteiger partial charge >= 0.3 is 5.97 Å². The van der Waals surface area contributed by atoms with E-state index in [9.17, 15) is 4.79 Å². The van der Waals surface area contributed by atoms with Crippen LogP contribution in [0.1, 0.15) is 15.4 Å². The molecule has 5 heteroatoms. The van der Waals surface area contributed by atoms with Gasteiger partial charge in [-0.1, -0.05) is 24.3 Å². The molecule has 20 heavy (non-hydrogen) atoms. The summed E-state index contributed by atoms with van der Waals surface area (Å²) in [7, 11) is 0. The Labute approximate surface area is 133 Å². The number of hydrogen-bond donors (Lipinski definition) is 0. The number of benzene rings is 2. The Kier molecular flexibility index (Phi) is 3.98. The van der Waals surface area contributed by atoms with E-state index < -0.39 is 0 Å². The summed E-state index contributed by atoms with van der Waals surface area (Å²) < 4.78 is 7.32. The van der Waals surface area contributed by atoms with Crippen molar-refractivity contribution in [3.05, 3.63) is 62.7 Å². The number of ether oxygens (including phenoxy) is 1. The molecule has 0 bridgehead atoms. The number of fused-ring (bicyclic) bond motifs is 1. The topological polar surface area (TPSA) is 39.2 Å². The van der Waals surface area contributed by atoms with Gasteiger partial charge in [-0.3, -0.25) is 0 Å². The summed E-state index contributed by atoms with van der Waals surface area (Å²) in [5.41, 5.74) is 1.53. The second kappa shape index (κ2) is 5.88. The Morgan fingerprint density at radius 1 is 1.15 bits per heavy atom. The molecule has 0 unspecified atom stereocenters. The number of hydrogen-bond acceptors (Lipinski definition) is 4. The van der Waals surface area contributed by atoms with E-state index in [1.807, 2.05) is 42.5 Å². The number of nitrogens with zero attached hydrogens (tertiary/aromatic N) is 1. The van der Waals surface area contributed by atoms with Crippen LogP contribution in [0.2, 0.25) is 0 Å². The van der Waals surface area contributed by atoms with Gasteiger partial charge in [0.25, 0.3) is 0 Å². The summed E-state index contributed by atoms with van der Waals surface area (Å²) in [6.07, 6.45) is 0. The zero-order chi connectivity index (χ0) is 13.9. The van der Waals surface area contributed by atoms with Crippen molar-refractivity contribution in [3.8, 4) is 0 Å². The van der Waals surface area contributed by atoms with Crippen molar-refractivity contribution < 1.29 is 9.53 Å². The minimum Gasteiger partial charge on any atom is -0.455 e. The number of carbonyl (C=O) groups excluding carboxylic acids is 1. The molecule has 3 nitrogen and oxygen atoms in total. The van der Waals surface area contributed by atoms with Crippen molar-refractivity contribution in [2.75, 3.05) is 0 Å². The van der Waals surface area contributed by atoms with Gasteiger partial charge in [0.2, 0.25) is 0 Å². The lowest BCUT2D eigenvalue weighted by Gasteiger charge is -2.04. The van der Waals surface area contributed by atoms with Crippen LogP contribution in [0.25, 0.3) is 10.2 Å². The first kappa shape index (κ1) is 13.5. The lowest BCUT2D eigenvalue weighted by molar-refractivity contribution is 0.0471. The van der Waals surface area contributed by atoms with E-state index in [0.717, 1.165) is 18.8 Å². The van der Waals surface area contributed by atoms with E-state index in [2.05, 4.69) is 27.6 Å². The van der Waals surface area contributed by atoms with Crippen molar-refractivity contribution in [2.24, 2.45) is 0 Å². The first-order valence-electron chi connectivity index (χ1n) is 6.00. The van der Waals surface area contributed by atoms with Gasteiger partial charge in [-0.2, -0.15) is 0 Å². The fourth-order valence-electron chi connectivity index (χ4n) is 1.81. The number of thiazole rings is 1. The van der Waals surface area contributed by atoms with Gasteiger partial charge in [0.1, 0.15) is 11.6 Å². The van der Waals surface area contributed by atoms with Crippen LogP contribution >= 0.6 is 33.9 Å². The third-order valence-electron chi connectivity index (χ3n) is 2.76. The van der Waals surface area contributed by atoms with Crippen molar-refractivity contribution in [2.45, 2.75) is 6.61 Å². The van der Waals surface area contributed by atoms with Crippen LogP contribution in [0.15, 0.2) is 48.5 Å². The normalized spacial score (nSPS) is 10.7. The molecule has 0 radical (unpaired) electrons. The Morgan fingerprint density at radius 2 is 1.90 bits per heavy atom. The SMILES string of the molecule is O=C(OCc1nc2ccccc2s1)c1ccccc1I. The summed E-state index contributed by atoms with van der Waals surface area (Å²) >= 11 is 3.68. The predicted octanol–water partition coefficient (Wildman–Crippen LogP) is 4.26. The number of aromatic nitrogens is 1. The molecule has 3 aromatic rings. The highest BCUT2D eigenvalue weighted by Gasteiger charge is 2.12. The number of rotatable bonds is 3. The molecule has 100 valence electrons. The Bertz CT molecular complexity index is 736. The molecule has 0 spiro atoms. The Morgan fingerprint density at radius 3 is 2.70 bits per heavy atom. The van der Waals surface area contributed by atoms with Gasteiger partial charge in [0.15, 0.2) is 0 Å². The maximum Gasteiger partial charge on any atom is 0.339 e. The van der Waals surface area contributed by atoms with Crippen LogP contribution < -0.4 is 0 Å². The van der Waals surface area contributed by atoms with E-state index in [0.29, 0.717) is 5.56 Å². The van der Waals surface area contributed by atoms with Crippen LogP contribution in [0.4, 0.5) is 0 Å². The second-order valence-electron chi connectivity index (χ2n) is 4.13. The maximum absolute atomic E-state index is 12.0. The largest absolute Gasteiger partial charge is 0.455 e. The van der Waals surface area contributed by atoms with Gasteiger partial charge in [-0.05, 0) is 46.9 Å². The van der Waals surface area contributed by atoms with Crippen LogP contribution in [0, 0.1) is 3.57 Å². The van der Waals surface area contributed by atoms with Gasteiger partial charge in [-0.25, -0.2) is 9.78 Å². The van der Waals surface area contributed by atoms with E-state index in [1.165, 1.54) is 0 Å². The number of carbonyl (C=O) groups is 1. The van der Waals surface area contributed by atoms with E-state index >= 15 is 0 Å². The summed E-state index contributed by atoms with van der Waals surface area (Å²) in [6, 6.07) is 15.3. The molecule has 0 aliphatic carbocycles.